The first-order chi connectivity index (χ1) is 13.9. The summed E-state index contributed by atoms with van der Waals surface area (Å²) < 4.78 is 35.5. The normalized spacial score (nSPS) is 11.4. The van der Waals surface area contributed by atoms with Gasteiger partial charge in [-0.15, -0.1) is 0 Å². The fourth-order valence-corrected chi connectivity index (χ4v) is 3.54. The van der Waals surface area contributed by atoms with Crippen molar-refractivity contribution in [2.24, 2.45) is 0 Å². The second-order valence-electron chi connectivity index (χ2n) is 6.32. The van der Waals surface area contributed by atoms with Gasteiger partial charge in [0.25, 0.3) is 0 Å². The quantitative estimate of drug-likeness (QED) is 0.323. The number of carbonyl (C=O) groups excluding carboxylic acids is 1. The molecule has 0 aromatic heterocycles. The lowest BCUT2D eigenvalue weighted by Gasteiger charge is -2.10. The van der Waals surface area contributed by atoms with Gasteiger partial charge in [-0.05, 0) is 55.0 Å². The van der Waals surface area contributed by atoms with Crippen LogP contribution in [0.5, 0.6) is 11.5 Å². The summed E-state index contributed by atoms with van der Waals surface area (Å²) in [5, 5.41) is 0. The van der Waals surface area contributed by atoms with E-state index in [1.54, 1.807) is 49.6 Å². The molecule has 0 spiro atoms. The Hall–Kier alpha value is -3.38. The third-order valence-corrected chi connectivity index (χ3v) is 5.45. The molecule has 148 valence electrons. The van der Waals surface area contributed by atoms with Gasteiger partial charge in [-0.3, -0.25) is 4.79 Å². The summed E-state index contributed by atoms with van der Waals surface area (Å²) in [6.07, 6.45) is 3.02. The number of hydrogen-bond acceptors (Lipinski definition) is 5. The van der Waals surface area contributed by atoms with Gasteiger partial charge in [0.2, 0.25) is 0 Å². The number of ketones is 1. The number of carbonyl (C=O) groups is 1. The lowest BCUT2D eigenvalue weighted by molar-refractivity contribution is 0.104. The van der Waals surface area contributed by atoms with Gasteiger partial charge in [-0.1, -0.05) is 48.0 Å². The number of methoxy groups -OCH3 is 1. The Morgan fingerprint density at radius 2 is 1.55 bits per heavy atom. The molecule has 0 aliphatic carbocycles. The van der Waals surface area contributed by atoms with Crippen molar-refractivity contribution >= 4 is 22.0 Å². The molecule has 0 fully saturated rings. The maximum atomic E-state index is 12.6. The minimum atomic E-state index is -4.05. The smallest absolute Gasteiger partial charge is 0.339 e. The predicted molar refractivity (Wildman–Crippen MR) is 112 cm³/mol. The van der Waals surface area contributed by atoms with Gasteiger partial charge in [0, 0.05) is 0 Å². The fraction of sp³-hybridized carbons (Fsp3) is 0.0870. The van der Waals surface area contributed by atoms with Crippen LogP contribution >= 0.6 is 0 Å². The zero-order valence-electron chi connectivity index (χ0n) is 16.0. The first-order valence-corrected chi connectivity index (χ1v) is 10.3. The number of aryl methyl sites for hydroxylation is 1. The molecule has 3 rings (SSSR count). The number of ether oxygens (including phenoxy) is 1. The van der Waals surface area contributed by atoms with E-state index in [4.69, 9.17) is 8.92 Å². The van der Waals surface area contributed by atoms with E-state index in [1.165, 1.54) is 30.3 Å². The van der Waals surface area contributed by atoms with E-state index in [-0.39, 0.29) is 22.0 Å². The Balaban J connectivity index is 1.83. The summed E-state index contributed by atoms with van der Waals surface area (Å²) in [6, 6.07) is 19.8. The highest BCUT2D eigenvalue weighted by Gasteiger charge is 2.20. The highest BCUT2D eigenvalue weighted by molar-refractivity contribution is 7.87. The van der Waals surface area contributed by atoms with Gasteiger partial charge in [0.15, 0.2) is 11.5 Å². The van der Waals surface area contributed by atoms with Crippen LogP contribution < -0.4 is 8.92 Å². The van der Waals surface area contributed by atoms with Gasteiger partial charge in [-0.25, -0.2) is 0 Å². The molecule has 0 unspecified atom stereocenters. The number of hydrogen-bond donors (Lipinski definition) is 0. The Bertz CT molecular complexity index is 1130. The first-order valence-electron chi connectivity index (χ1n) is 8.86. The van der Waals surface area contributed by atoms with Crippen LogP contribution in [0.25, 0.3) is 6.08 Å². The molecule has 0 N–H and O–H groups in total. The van der Waals surface area contributed by atoms with Gasteiger partial charge in [-0.2, -0.15) is 8.42 Å². The summed E-state index contributed by atoms with van der Waals surface area (Å²) in [4.78, 5) is 12.7. The van der Waals surface area contributed by atoms with E-state index in [0.29, 0.717) is 5.75 Å². The molecular weight excluding hydrogens is 388 g/mol. The average Bonchev–Trinajstić information content (AvgIpc) is 2.73. The van der Waals surface area contributed by atoms with E-state index in [0.717, 1.165) is 11.1 Å². The van der Waals surface area contributed by atoms with Crippen LogP contribution in [0.2, 0.25) is 0 Å². The second kappa shape index (κ2) is 8.75. The van der Waals surface area contributed by atoms with Crippen molar-refractivity contribution in [2.75, 3.05) is 7.11 Å². The number of rotatable bonds is 7. The zero-order chi connectivity index (χ0) is 20.9. The zero-order valence-corrected chi connectivity index (χ0v) is 16.8. The van der Waals surface area contributed by atoms with Crippen LogP contribution in [0.1, 0.15) is 21.5 Å². The third kappa shape index (κ3) is 5.12. The number of para-hydroxylation sites is 1. The van der Waals surface area contributed by atoms with Crippen molar-refractivity contribution in [1.29, 1.82) is 0 Å². The molecular formula is C23H20O5S. The molecule has 0 saturated heterocycles. The Morgan fingerprint density at radius 1 is 0.897 bits per heavy atom. The molecule has 3 aromatic carbocycles. The van der Waals surface area contributed by atoms with Crippen LogP contribution in [0.15, 0.2) is 83.8 Å². The molecule has 0 bridgehead atoms. The molecule has 0 amide bonds. The highest BCUT2D eigenvalue weighted by Crippen LogP contribution is 2.24. The van der Waals surface area contributed by atoms with E-state index in [2.05, 4.69) is 0 Å². The summed E-state index contributed by atoms with van der Waals surface area (Å²) in [6.45, 7) is 1.86. The van der Waals surface area contributed by atoms with Crippen LogP contribution in [-0.2, 0) is 10.1 Å². The monoisotopic (exact) mass is 408 g/mol. The molecule has 0 aliphatic rings. The summed E-state index contributed by atoms with van der Waals surface area (Å²) in [5.41, 5.74) is 1.90. The van der Waals surface area contributed by atoms with Crippen molar-refractivity contribution in [3.05, 3.63) is 95.6 Å². The molecule has 0 heterocycles. The van der Waals surface area contributed by atoms with Crippen LogP contribution in [0.4, 0.5) is 0 Å². The lowest BCUT2D eigenvalue weighted by atomic mass is 10.1. The van der Waals surface area contributed by atoms with Crippen LogP contribution in [0, 0.1) is 6.92 Å². The number of allylic oxidation sites excluding steroid dienone is 1. The lowest BCUT2D eigenvalue weighted by Crippen LogP contribution is -2.12. The maximum absolute atomic E-state index is 12.6. The molecule has 0 saturated carbocycles. The maximum Gasteiger partial charge on any atom is 0.339 e. The van der Waals surface area contributed by atoms with E-state index in [1.807, 2.05) is 19.1 Å². The van der Waals surface area contributed by atoms with Crippen molar-refractivity contribution in [3.63, 3.8) is 0 Å². The van der Waals surface area contributed by atoms with E-state index < -0.39 is 10.1 Å². The van der Waals surface area contributed by atoms with Gasteiger partial charge in [0.1, 0.15) is 10.6 Å². The van der Waals surface area contributed by atoms with E-state index in [9.17, 15) is 13.2 Å². The molecule has 0 radical (unpaired) electrons. The second-order valence-corrected chi connectivity index (χ2v) is 7.86. The van der Waals surface area contributed by atoms with E-state index >= 15 is 0 Å². The standard InChI is InChI=1S/C23H20O5S/c1-17-7-14-20(15-8-17)29(25,26)28-23-6-4-3-5-21(23)22(24)16-11-18-9-12-19(27-2)13-10-18/h3-16H,1-2H3/b16-11+. The predicted octanol–water partition coefficient (Wildman–Crippen LogP) is 4.67. The van der Waals surface area contributed by atoms with Crippen molar-refractivity contribution in [2.45, 2.75) is 11.8 Å². The average molecular weight is 408 g/mol. The third-order valence-electron chi connectivity index (χ3n) is 4.20. The molecule has 5 nitrogen and oxygen atoms in total. The van der Waals surface area contributed by atoms with Gasteiger partial charge in [0.05, 0.1) is 12.7 Å². The van der Waals surface area contributed by atoms with Crippen molar-refractivity contribution in [1.82, 2.24) is 0 Å². The largest absolute Gasteiger partial charge is 0.497 e. The molecule has 3 aromatic rings. The highest BCUT2D eigenvalue weighted by atomic mass is 32.2. The summed E-state index contributed by atoms with van der Waals surface area (Å²) in [7, 11) is -2.47. The molecule has 0 atom stereocenters. The molecule has 6 heteroatoms. The van der Waals surface area contributed by atoms with Crippen molar-refractivity contribution < 1.29 is 22.1 Å². The number of benzene rings is 3. The molecule has 29 heavy (non-hydrogen) atoms. The minimum absolute atomic E-state index is 0.0162. The van der Waals surface area contributed by atoms with Gasteiger partial charge < -0.3 is 8.92 Å². The SMILES string of the molecule is COc1ccc(/C=C/C(=O)c2ccccc2OS(=O)(=O)c2ccc(C)cc2)cc1. The van der Waals surface area contributed by atoms with Crippen molar-refractivity contribution in [3.8, 4) is 11.5 Å². The fourth-order valence-electron chi connectivity index (χ4n) is 2.59. The topological polar surface area (TPSA) is 69.7 Å². The summed E-state index contributed by atoms with van der Waals surface area (Å²) in [5.74, 6) is 0.335. The van der Waals surface area contributed by atoms with Gasteiger partial charge >= 0.3 is 10.1 Å². The first kappa shape index (κ1) is 20.4. The minimum Gasteiger partial charge on any atom is -0.497 e. The van der Waals surface area contributed by atoms with Crippen LogP contribution in [0.3, 0.4) is 0 Å². The Labute approximate surface area is 170 Å². The molecule has 0 aliphatic heterocycles. The Kier molecular flexibility index (Phi) is 6.14. The summed E-state index contributed by atoms with van der Waals surface area (Å²) >= 11 is 0. The Morgan fingerprint density at radius 3 is 2.21 bits per heavy atom. The van der Waals surface area contributed by atoms with Crippen LogP contribution in [-0.4, -0.2) is 21.3 Å².